The van der Waals surface area contributed by atoms with Gasteiger partial charge >= 0.3 is 0 Å². The molecule has 1 aromatic rings. The van der Waals surface area contributed by atoms with Crippen LogP contribution in [0.1, 0.15) is 24.1 Å². The first-order valence-electron chi connectivity index (χ1n) is 5.87. The lowest BCUT2D eigenvalue weighted by Crippen LogP contribution is -2.15. The molecule has 2 rings (SSSR count). The number of nitrogens with one attached hydrogen (secondary N) is 1. The lowest BCUT2D eigenvalue weighted by Gasteiger charge is -2.04. The Morgan fingerprint density at radius 3 is 3.00 bits per heavy atom. The molecule has 0 amide bonds. The van der Waals surface area contributed by atoms with E-state index in [4.69, 9.17) is 4.74 Å². The van der Waals surface area contributed by atoms with Crippen LogP contribution in [0.4, 0.5) is 0 Å². The summed E-state index contributed by atoms with van der Waals surface area (Å²) in [7, 11) is 0. The number of halogens is 1. The van der Waals surface area contributed by atoms with Crippen molar-refractivity contribution in [1.29, 1.82) is 0 Å². The van der Waals surface area contributed by atoms with Gasteiger partial charge in [-0.15, -0.1) is 11.3 Å². The molecular weight excluding hydrogens is 286 g/mol. The molecule has 1 heterocycles. The summed E-state index contributed by atoms with van der Waals surface area (Å²) in [5.74, 6) is 0.886. The molecule has 1 fully saturated rings. The van der Waals surface area contributed by atoms with Crippen LogP contribution >= 0.6 is 27.3 Å². The van der Waals surface area contributed by atoms with Crippen molar-refractivity contribution in [3.8, 4) is 0 Å². The van der Waals surface area contributed by atoms with Crippen molar-refractivity contribution in [1.82, 2.24) is 5.32 Å². The van der Waals surface area contributed by atoms with E-state index in [9.17, 15) is 0 Å². The third-order valence-electron chi connectivity index (χ3n) is 2.62. The zero-order valence-corrected chi connectivity index (χ0v) is 11.8. The van der Waals surface area contributed by atoms with Gasteiger partial charge in [0.05, 0.1) is 3.79 Å². The average molecular weight is 304 g/mol. The fourth-order valence-electron chi connectivity index (χ4n) is 1.49. The maximum Gasteiger partial charge on any atom is 0.0701 e. The maximum atomic E-state index is 5.57. The van der Waals surface area contributed by atoms with Gasteiger partial charge in [0.1, 0.15) is 0 Å². The molecule has 4 heteroatoms. The minimum absolute atomic E-state index is 0.886. The molecule has 1 saturated carbocycles. The van der Waals surface area contributed by atoms with E-state index in [0.717, 1.165) is 38.6 Å². The molecule has 1 aliphatic rings. The third-order valence-corrected chi connectivity index (χ3v) is 4.24. The summed E-state index contributed by atoms with van der Waals surface area (Å²) in [6, 6.07) is 4.26. The first-order valence-corrected chi connectivity index (χ1v) is 7.48. The largest absolute Gasteiger partial charge is 0.381 e. The predicted octanol–water partition coefficient (Wildman–Crippen LogP) is 3.42. The van der Waals surface area contributed by atoms with Crippen molar-refractivity contribution in [3.63, 3.8) is 0 Å². The van der Waals surface area contributed by atoms with Crippen LogP contribution < -0.4 is 5.32 Å². The van der Waals surface area contributed by atoms with Crippen LogP contribution in [0.2, 0.25) is 0 Å². The van der Waals surface area contributed by atoms with Gasteiger partial charge in [-0.1, -0.05) is 0 Å². The van der Waals surface area contributed by atoms with E-state index in [1.54, 1.807) is 11.3 Å². The maximum absolute atomic E-state index is 5.57. The van der Waals surface area contributed by atoms with Crippen LogP contribution in [0, 0.1) is 5.92 Å². The van der Waals surface area contributed by atoms with Gasteiger partial charge in [0.15, 0.2) is 0 Å². The summed E-state index contributed by atoms with van der Waals surface area (Å²) in [6.07, 6.45) is 3.87. The lowest BCUT2D eigenvalue weighted by molar-refractivity contribution is 0.122. The van der Waals surface area contributed by atoms with E-state index in [-0.39, 0.29) is 0 Å². The quantitative estimate of drug-likeness (QED) is 0.743. The number of hydrogen-bond acceptors (Lipinski definition) is 3. The molecule has 1 aliphatic carbocycles. The lowest BCUT2D eigenvalue weighted by atomic mass is 10.4. The van der Waals surface area contributed by atoms with Gasteiger partial charge in [0, 0.05) is 24.6 Å². The summed E-state index contributed by atoms with van der Waals surface area (Å²) in [5.41, 5.74) is 0. The van der Waals surface area contributed by atoms with Crippen LogP contribution in [-0.2, 0) is 11.3 Å². The summed E-state index contributed by atoms with van der Waals surface area (Å²) in [4.78, 5) is 1.38. The van der Waals surface area contributed by atoms with Crippen LogP contribution in [0.5, 0.6) is 0 Å². The molecule has 0 atom stereocenters. The zero-order chi connectivity index (χ0) is 11.2. The Balaban J connectivity index is 1.42. The number of hydrogen-bond donors (Lipinski definition) is 1. The van der Waals surface area contributed by atoms with Crippen molar-refractivity contribution in [2.45, 2.75) is 25.8 Å². The summed E-state index contributed by atoms with van der Waals surface area (Å²) < 4.78 is 6.77. The van der Waals surface area contributed by atoms with Gasteiger partial charge < -0.3 is 10.1 Å². The molecule has 0 saturated heterocycles. The molecule has 16 heavy (non-hydrogen) atoms. The van der Waals surface area contributed by atoms with Gasteiger partial charge in [0.25, 0.3) is 0 Å². The molecule has 2 nitrogen and oxygen atoms in total. The Hall–Kier alpha value is 0.1000. The van der Waals surface area contributed by atoms with Gasteiger partial charge in [-0.3, -0.25) is 0 Å². The summed E-state index contributed by atoms with van der Waals surface area (Å²) >= 11 is 5.26. The van der Waals surface area contributed by atoms with E-state index in [0.29, 0.717) is 0 Å². The fourth-order valence-corrected chi connectivity index (χ4v) is 2.94. The van der Waals surface area contributed by atoms with E-state index >= 15 is 0 Å². The molecule has 0 unspecified atom stereocenters. The topological polar surface area (TPSA) is 21.3 Å². The van der Waals surface area contributed by atoms with Gasteiger partial charge in [-0.05, 0) is 59.8 Å². The summed E-state index contributed by atoms with van der Waals surface area (Å²) in [6.45, 7) is 3.90. The number of ether oxygens (including phenoxy) is 1. The highest BCUT2D eigenvalue weighted by atomic mass is 79.9. The van der Waals surface area contributed by atoms with Gasteiger partial charge in [-0.25, -0.2) is 0 Å². The van der Waals surface area contributed by atoms with Crippen molar-refractivity contribution in [2.24, 2.45) is 5.92 Å². The Labute approximate surface area is 110 Å². The Morgan fingerprint density at radius 2 is 2.31 bits per heavy atom. The summed E-state index contributed by atoms with van der Waals surface area (Å²) in [5, 5.41) is 3.43. The first kappa shape index (κ1) is 12.6. The number of rotatable bonds is 8. The van der Waals surface area contributed by atoms with Gasteiger partial charge in [0.2, 0.25) is 0 Å². The monoisotopic (exact) mass is 303 g/mol. The third kappa shape index (κ3) is 4.95. The van der Waals surface area contributed by atoms with E-state index < -0.39 is 0 Å². The first-order chi connectivity index (χ1) is 7.84. The predicted molar refractivity (Wildman–Crippen MR) is 71.9 cm³/mol. The van der Waals surface area contributed by atoms with Gasteiger partial charge in [-0.2, -0.15) is 0 Å². The van der Waals surface area contributed by atoms with E-state index in [2.05, 4.69) is 33.4 Å². The van der Waals surface area contributed by atoms with Crippen LogP contribution in [0.3, 0.4) is 0 Å². The molecule has 90 valence electrons. The fraction of sp³-hybridized carbons (Fsp3) is 0.667. The van der Waals surface area contributed by atoms with Crippen LogP contribution in [-0.4, -0.2) is 19.8 Å². The molecule has 1 aromatic heterocycles. The Morgan fingerprint density at radius 1 is 1.44 bits per heavy atom. The van der Waals surface area contributed by atoms with Crippen LogP contribution in [0.25, 0.3) is 0 Å². The molecule has 0 aromatic carbocycles. The Kier molecular flexibility index (Phi) is 5.29. The highest BCUT2D eigenvalue weighted by Gasteiger charge is 2.20. The van der Waals surface area contributed by atoms with Crippen LogP contribution in [0.15, 0.2) is 15.9 Å². The number of thiophene rings is 1. The average Bonchev–Trinajstić information content (AvgIpc) is 3.00. The minimum atomic E-state index is 0.886. The molecule has 0 bridgehead atoms. The molecule has 0 spiro atoms. The zero-order valence-electron chi connectivity index (χ0n) is 9.38. The standard InChI is InChI=1S/C12H18BrNOS/c13-12-5-4-11(16-12)8-14-6-1-7-15-9-10-2-3-10/h4-5,10,14H,1-3,6-9H2. The van der Waals surface area contributed by atoms with Crippen molar-refractivity contribution in [3.05, 3.63) is 20.8 Å². The normalized spacial score (nSPS) is 15.6. The van der Waals surface area contributed by atoms with Crippen molar-refractivity contribution >= 4 is 27.3 Å². The van der Waals surface area contributed by atoms with E-state index in [1.165, 1.54) is 21.5 Å². The molecule has 0 radical (unpaired) electrons. The highest BCUT2D eigenvalue weighted by Crippen LogP contribution is 2.28. The second-order valence-electron chi connectivity index (χ2n) is 4.25. The SMILES string of the molecule is Brc1ccc(CNCCCOCC2CC2)s1. The molecular formula is C12H18BrNOS. The molecule has 0 aliphatic heterocycles. The highest BCUT2D eigenvalue weighted by molar-refractivity contribution is 9.11. The Bertz CT molecular complexity index is 312. The van der Waals surface area contributed by atoms with E-state index in [1.807, 2.05) is 0 Å². The smallest absolute Gasteiger partial charge is 0.0701 e. The minimum Gasteiger partial charge on any atom is -0.381 e. The second kappa shape index (κ2) is 6.74. The molecule has 1 N–H and O–H groups in total. The van der Waals surface area contributed by atoms with Crippen molar-refractivity contribution < 1.29 is 4.74 Å². The second-order valence-corrected chi connectivity index (χ2v) is 6.80. The van der Waals surface area contributed by atoms with Crippen molar-refractivity contribution in [2.75, 3.05) is 19.8 Å².